The van der Waals surface area contributed by atoms with Crippen LogP contribution in [0.3, 0.4) is 0 Å². The highest BCUT2D eigenvalue weighted by Gasteiger charge is 2.11. The summed E-state index contributed by atoms with van der Waals surface area (Å²) in [6.07, 6.45) is 5.15. The minimum Gasteiger partial charge on any atom is -0.497 e. The summed E-state index contributed by atoms with van der Waals surface area (Å²) in [7, 11) is 1.60. The van der Waals surface area contributed by atoms with Gasteiger partial charge in [-0.25, -0.2) is 4.98 Å². The highest BCUT2D eigenvalue weighted by Crippen LogP contribution is 2.19. The lowest BCUT2D eigenvalue weighted by Crippen LogP contribution is -2.22. The van der Waals surface area contributed by atoms with Gasteiger partial charge in [0.1, 0.15) is 17.3 Å². The Kier molecular flexibility index (Phi) is 4.11. The van der Waals surface area contributed by atoms with Gasteiger partial charge in [-0.15, -0.1) is 0 Å². The lowest BCUT2D eigenvalue weighted by Gasteiger charge is -2.12. The van der Waals surface area contributed by atoms with Gasteiger partial charge in [0.05, 0.1) is 30.0 Å². The number of furan rings is 1. The van der Waals surface area contributed by atoms with Gasteiger partial charge in [0.25, 0.3) is 5.56 Å². The summed E-state index contributed by atoms with van der Waals surface area (Å²) in [5.41, 5.74) is 1.20. The van der Waals surface area contributed by atoms with Crippen molar-refractivity contribution < 1.29 is 9.15 Å². The van der Waals surface area contributed by atoms with Crippen LogP contribution < -0.4 is 10.3 Å². The van der Waals surface area contributed by atoms with Crippen molar-refractivity contribution in [2.75, 3.05) is 7.11 Å². The molecule has 0 saturated heterocycles. The van der Waals surface area contributed by atoms with Gasteiger partial charge in [-0.1, -0.05) is 18.2 Å². The molecule has 0 radical (unpaired) electrons. The van der Waals surface area contributed by atoms with E-state index in [2.05, 4.69) is 4.98 Å². The fraction of sp³-hybridized carbons (Fsp3) is 0.0476. The first-order chi connectivity index (χ1) is 12.8. The number of aromatic nitrogens is 2. The van der Waals surface area contributed by atoms with Gasteiger partial charge in [0.15, 0.2) is 0 Å². The van der Waals surface area contributed by atoms with Crippen LogP contribution in [-0.2, 0) is 0 Å². The van der Waals surface area contributed by atoms with Crippen LogP contribution >= 0.6 is 0 Å². The summed E-state index contributed by atoms with van der Waals surface area (Å²) >= 11 is 0. The molecule has 0 aliphatic carbocycles. The minimum atomic E-state index is -0.136. The van der Waals surface area contributed by atoms with E-state index < -0.39 is 0 Å². The van der Waals surface area contributed by atoms with E-state index in [-0.39, 0.29) is 5.56 Å². The molecule has 2 aromatic heterocycles. The summed E-state index contributed by atoms with van der Waals surface area (Å²) in [4.78, 5) is 17.8. The summed E-state index contributed by atoms with van der Waals surface area (Å²) in [6.45, 7) is 0. The predicted molar refractivity (Wildman–Crippen MR) is 102 cm³/mol. The van der Waals surface area contributed by atoms with Crippen LogP contribution in [0, 0.1) is 0 Å². The summed E-state index contributed by atoms with van der Waals surface area (Å²) in [5, 5.41) is 0.561. The van der Waals surface area contributed by atoms with Crippen LogP contribution in [0.2, 0.25) is 0 Å². The molecule has 26 heavy (non-hydrogen) atoms. The molecule has 0 bridgehead atoms. The molecule has 128 valence electrons. The quantitative estimate of drug-likeness (QED) is 0.558. The van der Waals surface area contributed by atoms with E-state index in [1.807, 2.05) is 54.6 Å². The molecule has 2 aromatic carbocycles. The number of para-hydroxylation sites is 1. The van der Waals surface area contributed by atoms with E-state index >= 15 is 0 Å². The zero-order valence-corrected chi connectivity index (χ0v) is 14.1. The molecule has 0 aliphatic heterocycles. The lowest BCUT2D eigenvalue weighted by molar-refractivity contribution is 0.414. The van der Waals surface area contributed by atoms with E-state index in [4.69, 9.17) is 9.15 Å². The van der Waals surface area contributed by atoms with Crippen molar-refractivity contribution in [3.63, 3.8) is 0 Å². The molecule has 0 saturated carbocycles. The molecular weight excluding hydrogens is 328 g/mol. The molecule has 0 fully saturated rings. The summed E-state index contributed by atoms with van der Waals surface area (Å²) in [6, 6.07) is 18.3. The van der Waals surface area contributed by atoms with E-state index in [1.54, 1.807) is 36.2 Å². The number of fused-ring (bicyclic) bond motifs is 1. The molecule has 4 rings (SSSR count). The van der Waals surface area contributed by atoms with E-state index in [9.17, 15) is 4.79 Å². The first-order valence-electron chi connectivity index (χ1n) is 8.14. The molecular formula is C21H16N2O3. The van der Waals surface area contributed by atoms with Crippen LogP contribution in [-0.4, -0.2) is 16.7 Å². The van der Waals surface area contributed by atoms with Gasteiger partial charge in [0, 0.05) is 6.07 Å². The van der Waals surface area contributed by atoms with Gasteiger partial charge in [-0.3, -0.25) is 9.36 Å². The van der Waals surface area contributed by atoms with Crippen LogP contribution in [0.4, 0.5) is 0 Å². The number of ether oxygens (including phenoxy) is 1. The van der Waals surface area contributed by atoms with Gasteiger partial charge in [0.2, 0.25) is 0 Å². The number of methoxy groups -OCH3 is 1. The molecule has 5 nitrogen and oxygen atoms in total. The zero-order chi connectivity index (χ0) is 17.9. The smallest absolute Gasteiger partial charge is 0.266 e. The van der Waals surface area contributed by atoms with E-state index in [0.29, 0.717) is 33.9 Å². The van der Waals surface area contributed by atoms with Crippen molar-refractivity contribution in [2.45, 2.75) is 0 Å². The number of rotatable bonds is 4. The van der Waals surface area contributed by atoms with Gasteiger partial charge in [-0.05, 0) is 48.6 Å². The van der Waals surface area contributed by atoms with Crippen LogP contribution in [0.15, 0.2) is 76.1 Å². The summed E-state index contributed by atoms with van der Waals surface area (Å²) < 4.78 is 12.2. The molecule has 0 spiro atoms. The first-order valence-corrected chi connectivity index (χ1v) is 8.14. The number of hydrogen-bond donors (Lipinski definition) is 0. The van der Waals surface area contributed by atoms with E-state index in [1.165, 1.54) is 0 Å². The van der Waals surface area contributed by atoms with Crippen LogP contribution in [0.1, 0.15) is 11.6 Å². The maximum atomic E-state index is 13.1. The second-order valence-corrected chi connectivity index (χ2v) is 5.68. The first kappa shape index (κ1) is 15.9. The molecule has 4 aromatic rings. The highest BCUT2D eigenvalue weighted by molar-refractivity contribution is 5.79. The normalized spacial score (nSPS) is 11.3. The van der Waals surface area contributed by atoms with E-state index in [0.717, 1.165) is 0 Å². The maximum absolute atomic E-state index is 13.1. The van der Waals surface area contributed by atoms with Crippen LogP contribution in [0.25, 0.3) is 28.7 Å². The SMILES string of the molecule is COc1cccc(-n2c(C=Cc3ccco3)nc3ccccc3c2=O)c1. The molecule has 2 heterocycles. The van der Waals surface area contributed by atoms with Crippen molar-refractivity contribution >= 4 is 23.1 Å². The zero-order valence-electron chi connectivity index (χ0n) is 14.1. The minimum absolute atomic E-state index is 0.136. The Labute approximate surface area is 149 Å². The Morgan fingerprint density at radius 2 is 1.92 bits per heavy atom. The largest absolute Gasteiger partial charge is 0.497 e. The van der Waals surface area contributed by atoms with Gasteiger partial charge < -0.3 is 9.15 Å². The van der Waals surface area contributed by atoms with Crippen molar-refractivity contribution in [1.29, 1.82) is 0 Å². The Morgan fingerprint density at radius 3 is 2.73 bits per heavy atom. The molecule has 0 N–H and O–H groups in total. The Bertz CT molecular complexity index is 1140. The maximum Gasteiger partial charge on any atom is 0.266 e. The second-order valence-electron chi connectivity index (χ2n) is 5.68. The third-order valence-electron chi connectivity index (χ3n) is 4.05. The third kappa shape index (κ3) is 2.91. The number of hydrogen-bond acceptors (Lipinski definition) is 4. The average molecular weight is 344 g/mol. The molecule has 0 aliphatic rings. The molecule has 5 heteroatoms. The third-order valence-corrected chi connectivity index (χ3v) is 4.05. The Balaban J connectivity index is 1.97. The number of benzene rings is 2. The highest BCUT2D eigenvalue weighted by atomic mass is 16.5. The van der Waals surface area contributed by atoms with Crippen molar-refractivity contribution in [1.82, 2.24) is 9.55 Å². The summed E-state index contributed by atoms with van der Waals surface area (Å²) in [5.74, 6) is 1.87. The Hall–Kier alpha value is -3.60. The molecule has 0 unspecified atom stereocenters. The van der Waals surface area contributed by atoms with Crippen molar-refractivity contribution in [2.24, 2.45) is 0 Å². The van der Waals surface area contributed by atoms with Gasteiger partial charge in [-0.2, -0.15) is 0 Å². The standard InChI is InChI=1S/C21H16N2O3/c1-25-17-7-4-6-15(14-17)23-20(12-11-16-8-5-13-26-16)22-19-10-3-2-9-18(19)21(23)24/h2-14H,1H3. The van der Waals surface area contributed by atoms with Crippen LogP contribution in [0.5, 0.6) is 5.75 Å². The predicted octanol–water partition coefficient (Wildman–Crippen LogP) is 4.16. The number of nitrogens with zero attached hydrogens (tertiary/aromatic N) is 2. The lowest BCUT2D eigenvalue weighted by atomic mass is 10.2. The fourth-order valence-corrected chi connectivity index (χ4v) is 2.80. The topological polar surface area (TPSA) is 57.3 Å². The monoisotopic (exact) mass is 344 g/mol. The average Bonchev–Trinajstić information content (AvgIpc) is 3.20. The van der Waals surface area contributed by atoms with Crippen molar-refractivity contribution in [3.05, 3.63) is 88.9 Å². The Morgan fingerprint density at radius 1 is 1.04 bits per heavy atom. The molecule has 0 amide bonds. The second kappa shape index (κ2) is 6.72. The molecule has 0 atom stereocenters. The van der Waals surface area contributed by atoms with Crippen molar-refractivity contribution in [3.8, 4) is 11.4 Å². The van der Waals surface area contributed by atoms with Gasteiger partial charge >= 0.3 is 0 Å². The fourth-order valence-electron chi connectivity index (χ4n) is 2.80.